The molecule has 0 bridgehead atoms. The molecule has 0 saturated heterocycles. The summed E-state index contributed by atoms with van der Waals surface area (Å²) >= 11 is 6.11. The summed E-state index contributed by atoms with van der Waals surface area (Å²) in [6, 6.07) is 13.3. The van der Waals surface area contributed by atoms with Crippen molar-refractivity contribution in [1.29, 1.82) is 0 Å². The first-order valence-corrected chi connectivity index (χ1v) is 9.24. The predicted octanol–water partition coefficient (Wildman–Crippen LogP) is 5.09. The summed E-state index contributed by atoms with van der Waals surface area (Å²) in [5.41, 5.74) is 4.48. The first kappa shape index (κ1) is 17.5. The normalized spacial score (nSPS) is 13.2. The molecule has 0 fully saturated rings. The van der Waals surface area contributed by atoms with Gasteiger partial charge in [-0.3, -0.25) is 9.88 Å². The molecule has 0 saturated carbocycles. The minimum Gasteiger partial charge on any atom is -0.306 e. The number of rotatable bonds is 2. The highest BCUT2D eigenvalue weighted by Crippen LogP contribution is 2.30. The highest BCUT2D eigenvalue weighted by molar-refractivity contribution is 6.30. The maximum absolute atomic E-state index is 12.9. The van der Waals surface area contributed by atoms with Crippen molar-refractivity contribution >= 4 is 29.1 Å². The quantitative estimate of drug-likeness (QED) is 0.675. The fourth-order valence-electron chi connectivity index (χ4n) is 3.26. The molecule has 27 heavy (non-hydrogen) atoms. The number of pyridine rings is 2. The van der Waals surface area contributed by atoms with Crippen molar-refractivity contribution in [3.63, 3.8) is 0 Å². The van der Waals surface area contributed by atoms with Crippen LogP contribution in [0.3, 0.4) is 0 Å². The van der Waals surface area contributed by atoms with Crippen molar-refractivity contribution in [1.82, 2.24) is 9.97 Å². The second-order valence-electron chi connectivity index (χ2n) is 6.63. The number of urea groups is 1. The van der Waals surface area contributed by atoms with E-state index in [1.165, 1.54) is 0 Å². The lowest BCUT2D eigenvalue weighted by molar-refractivity contribution is 0.256. The number of hydrogen-bond donors (Lipinski definition) is 1. The maximum Gasteiger partial charge on any atom is 0.327 e. The number of benzene rings is 1. The van der Waals surface area contributed by atoms with Gasteiger partial charge in [0, 0.05) is 23.3 Å². The molecule has 1 aliphatic heterocycles. The average molecular weight is 379 g/mol. The van der Waals surface area contributed by atoms with Gasteiger partial charge in [0.25, 0.3) is 0 Å². The number of amides is 2. The molecule has 1 aliphatic rings. The van der Waals surface area contributed by atoms with E-state index in [1.54, 1.807) is 17.3 Å². The molecule has 136 valence electrons. The Labute approximate surface area is 163 Å². The molecule has 4 rings (SSSR count). The molecule has 3 heterocycles. The first-order valence-electron chi connectivity index (χ1n) is 8.86. The van der Waals surface area contributed by atoms with Crippen LogP contribution in [0.4, 0.5) is 16.3 Å². The van der Waals surface area contributed by atoms with Gasteiger partial charge in [-0.15, -0.1) is 0 Å². The third kappa shape index (κ3) is 3.78. The van der Waals surface area contributed by atoms with Crippen LogP contribution < -0.4 is 10.2 Å². The number of carbonyl (C=O) groups excluding carboxylic acids is 1. The van der Waals surface area contributed by atoms with Crippen molar-refractivity contribution in [2.24, 2.45) is 0 Å². The van der Waals surface area contributed by atoms with Crippen LogP contribution in [0.25, 0.3) is 11.3 Å². The van der Waals surface area contributed by atoms with Gasteiger partial charge in [0.2, 0.25) is 0 Å². The zero-order valence-corrected chi connectivity index (χ0v) is 15.7. The molecular weight excluding hydrogens is 360 g/mol. The average Bonchev–Trinajstić information content (AvgIpc) is 2.67. The van der Waals surface area contributed by atoms with Crippen LogP contribution in [0.1, 0.15) is 17.5 Å². The van der Waals surface area contributed by atoms with E-state index in [-0.39, 0.29) is 6.03 Å². The van der Waals surface area contributed by atoms with E-state index in [1.807, 2.05) is 49.4 Å². The van der Waals surface area contributed by atoms with Crippen molar-refractivity contribution in [3.05, 3.63) is 71.0 Å². The van der Waals surface area contributed by atoms with Gasteiger partial charge in [-0.25, -0.2) is 9.78 Å². The smallest absolute Gasteiger partial charge is 0.306 e. The van der Waals surface area contributed by atoms with Crippen LogP contribution in [0.15, 0.2) is 54.9 Å². The van der Waals surface area contributed by atoms with Crippen LogP contribution in [0.5, 0.6) is 0 Å². The summed E-state index contributed by atoms with van der Waals surface area (Å²) in [5, 5.41) is 3.59. The van der Waals surface area contributed by atoms with Gasteiger partial charge in [-0.2, -0.15) is 0 Å². The number of nitrogens with zero attached hydrogens (tertiary/aromatic N) is 3. The van der Waals surface area contributed by atoms with Crippen LogP contribution in [0.2, 0.25) is 5.02 Å². The molecule has 0 unspecified atom stereocenters. The molecule has 0 spiro atoms. The van der Waals surface area contributed by atoms with E-state index in [0.29, 0.717) is 23.1 Å². The second kappa shape index (κ2) is 7.37. The zero-order valence-electron chi connectivity index (χ0n) is 14.9. The number of aryl methyl sites for hydroxylation is 2. The Bertz CT molecular complexity index is 1000. The van der Waals surface area contributed by atoms with E-state index in [9.17, 15) is 4.79 Å². The summed E-state index contributed by atoms with van der Waals surface area (Å²) in [6.45, 7) is 2.57. The highest BCUT2D eigenvalue weighted by atomic mass is 35.5. The Hall–Kier alpha value is -2.92. The number of halogens is 1. The lowest BCUT2D eigenvalue weighted by Crippen LogP contribution is -2.39. The van der Waals surface area contributed by atoms with Gasteiger partial charge in [0.15, 0.2) is 0 Å². The van der Waals surface area contributed by atoms with Crippen LogP contribution in [-0.2, 0) is 6.42 Å². The molecule has 5 nitrogen and oxygen atoms in total. The summed E-state index contributed by atoms with van der Waals surface area (Å²) in [5.74, 6) is 0.705. The fourth-order valence-corrected chi connectivity index (χ4v) is 3.45. The van der Waals surface area contributed by atoms with E-state index in [2.05, 4.69) is 10.3 Å². The fraction of sp³-hybridized carbons (Fsp3) is 0.190. The van der Waals surface area contributed by atoms with Gasteiger partial charge in [0.1, 0.15) is 5.82 Å². The van der Waals surface area contributed by atoms with E-state index < -0.39 is 0 Å². The Morgan fingerprint density at radius 3 is 2.89 bits per heavy atom. The van der Waals surface area contributed by atoms with Crippen LogP contribution in [-0.4, -0.2) is 22.5 Å². The SMILES string of the molecule is Cc1cncc(NC(=O)N2CCCc3ccc(-c4cccc(Cl)c4)nc32)c1. The van der Waals surface area contributed by atoms with Crippen LogP contribution >= 0.6 is 11.6 Å². The molecule has 1 N–H and O–H groups in total. The molecular formula is C21H19ClN4O. The summed E-state index contributed by atoms with van der Waals surface area (Å²) in [7, 11) is 0. The third-order valence-corrected chi connectivity index (χ3v) is 4.77. The molecule has 0 radical (unpaired) electrons. The Kier molecular flexibility index (Phi) is 4.77. The largest absolute Gasteiger partial charge is 0.327 e. The van der Waals surface area contributed by atoms with Crippen molar-refractivity contribution in [2.45, 2.75) is 19.8 Å². The molecule has 3 aromatic rings. The van der Waals surface area contributed by atoms with Crippen LogP contribution in [0, 0.1) is 6.92 Å². The molecule has 1 aromatic carbocycles. The lowest BCUT2D eigenvalue weighted by Gasteiger charge is -2.28. The minimum atomic E-state index is -0.195. The molecule has 0 atom stereocenters. The summed E-state index contributed by atoms with van der Waals surface area (Å²) in [4.78, 5) is 23.5. The Balaban J connectivity index is 1.65. The van der Waals surface area contributed by atoms with Gasteiger partial charge < -0.3 is 5.32 Å². The van der Waals surface area contributed by atoms with E-state index >= 15 is 0 Å². The summed E-state index contributed by atoms with van der Waals surface area (Å²) in [6.07, 6.45) is 5.22. The minimum absolute atomic E-state index is 0.195. The maximum atomic E-state index is 12.9. The number of carbonyl (C=O) groups is 1. The number of fused-ring (bicyclic) bond motifs is 1. The van der Waals surface area contributed by atoms with Gasteiger partial charge in [-0.1, -0.05) is 29.8 Å². The van der Waals surface area contributed by atoms with E-state index in [0.717, 1.165) is 35.2 Å². The molecule has 0 aliphatic carbocycles. The second-order valence-corrected chi connectivity index (χ2v) is 7.06. The first-order chi connectivity index (χ1) is 13.1. The molecule has 6 heteroatoms. The van der Waals surface area contributed by atoms with Gasteiger partial charge in [-0.05, 0) is 55.2 Å². The topological polar surface area (TPSA) is 58.1 Å². The van der Waals surface area contributed by atoms with Crippen molar-refractivity contribution < 1.29 is 4.79 Å². The molecule has 2 amide bonds. The Morgan fingerprint density at radius 1 is 1.19 bits per heavy atom. The summed E-state index contributed by atoms with van der Waals surface area (Å²) < 4.78 is 0. The number of hydrogen-bond acceptors (Lipinski definition) is 3. The lowest BCUT2D eigenvalue weighted by atomic mass is 10.0. The van der Waals surface area contributed by atoms with Crippen molar-refractivity contribution in [3.8, 4) is 11.3 Å². The molecule has 2 aromatic heterocycles. The Morgan fingerprint density at radius 2 is 2.07 bits per heavy atom. The van der Waals surface area contributed by atoms with Gasteiger partial charge >= 0.3 is 6.03 Å². The van der Waals surface area contributed by atoms with Gasteiger partial charge in [0.05, 0.1) is 17.6 Å². The monoisotopic (exact) mass is 378 g/mol. The van der Waals surface area contributed by atoms with Crippen molar-refractivity contribution in [2.75, 3.05) is 16.8 Å². The highest BCUT2D eigenvalue weighted by Gasteiger charge is 2.24. The third-order valence-electron chi connectivity index (χ3n) is 4.53. The van der Waals surface area contributed by atoms with E-state index in [4.69, 9.17) is 16.6 Å². The zero-order chi connectivity index (χ0) is 18.8. The number of aromatic nitrogens is 2. The standard InChI is InChI=1S/C21H19ClN4O/c1-14-10-18(13-23-12-14)24-21(27)26-9-3-5-15-7-8-19(25-20(15)26)16-4-2-6-17(22)11-16/h2,4,6-8,10-13H,3,5,9H2,1H3,(H,24,27). The number of anilines is 2. The number of nitrogens with one attached hydrogen (secondary N) is 1. The predicted molar refractivity (Wildman–Crippen MR) is 108 cm³/mol.